The molecule has 2 aromatic heterocycles. The van der Waals surface area contributed by atoms with E-state index in [1.54, 1.807) is 23.1 Å². The average molecular weight is 189 g/mol. The average Bonchev–Trinajstić information content (AvgIpc) is 2.51. The first-order valence-electron chi connectivity index (χ1n) is 4.21. The predicted octanol–water partition coefficient (Wildman–Crippen LogP) is 1.14. The molecule has 5 heteroatoms. The van der Waals surface area contributed by atoms with Crippen LogP contribution in [0.4, 0.5) is 17.2 Å². The topological polar surface area (TPSA) is 68.8 Å². The summed E-state index contributed by atoms with van der Waals surface area (Å²) in [5.41, 5.74) is 7.38. The summed E-state index contributed by atoms with van der Waals surface area (Å²) in [7, 11) is 1.87. The predicted molar refractivity (Wildman–Crippen MR) is 55.1 cm³/mol. The van der Waals surface area contributed by atoms with Gasteiger partial charge >= 0.3 is 0 Å². The number of aryl methyl sites for hydroxylation is 1. The minimum Gasteiger partial charge on any atom is -0.384 e. The summed E-state index contributed by atoms with van der Waals surface area (Å²) in [4.78, 5) is 3.90. The van der Waals surface area contributed by atoms with Gasteiger partial charge in [-0.1, -0.05) is 0 Å². The maximum atomic E-state index is 5.55. The van der Waals surface area contributed by atoms with E-state index in [2.05, 4.69) is 15.4 Å². The van der Waals surface area contributed by atoms with Crippen LogP contribution in [0.5, 0.6) is 0 Å². The zero-order valence-corrected chi connectivity index (χ0v) is 7.81. The van der Waals surface area contributed by atoms with Crippen LogP contribution in [0.1, 0.15) is 0 Å². The fourth-order valence-corrected chi connectivity index (χ4v) is 1.18. The van der Waals surface area contributed by atoms with E-state index in [-0.39, 0.29) is 0 Å². The molecule has 0 aliphatic heterocycles. The van der Waals surface area contributed by atoms with Crippen molar-refractivity contribution in [3.8, 4) is 0 Å². The number of nitrogens with zero attached hydrogens (tertiary/aromatic N) is 3. The van der Waals surface area contributed by atoms with Gasteiger partial charge in [-0.2, -0.15) is 5.10 Å². The Morgan fingerprint density at radius 2 is 2.29 bits per heavy atom. The lowest BCUT2D eigenvalue weighted by Crippen LogP contribution is -1.93. The molecular formula is C9H11N5. The molecule has 0 saturated carbocycles. The van der Waals surface area contributed by atoms with Crippen LogP contribution in [-0.2, 0) is 7.05 Å². The second-order valence-electron chi connectivity index (χ2n) is 3.00. The Bertz CT molecular complexity index is 434. The number of pyridine rings is 1. The normalized spacial score (nSPS) is 10.1. The Morgan fingerprint density at radius 1 is 1.43 bits per heavy atom. The van der Waals surface area contributed by atoms with Gasteiger partial charge in [0.05, 0.1) is 11.9 Å². The van der Waals surface area contributed by atoms with E-state index < -0.39 is 0 Å². The van der Waals surface area contributed by atoms with Crippen LogP contribution < -0.4 is 11.1 Å². The first kappa shape index (κ1) is 8.55. The van der Waals surface area contributed by atoms with Gasteiger partial charge in [0.2, 0.25) is 0 Å². The molecule has 0 aliphatic rings. The van der Waals surface area contributed by atoms with Crippen LogP contribution >= 0.6 is 0 Å². The molecule has 0 amide bonds. The van der Waals surface area contributed by atoms with Gasteiger partial charge in [-0.15, -0.1) is 0 Å². The Balaban J connectivity index is 2.18. The van der Waals surface area contributed by atoms with Gasteiger partial charge in [0.25, 0.3) is 0 Å². The van der Waals surface area contributed by atoms with E-state index in [0.29, 0.717) is 5.82 Å². The number of nitrogens with one attached hydrogen (secondary N) is 1. The molecule has 0 radical (unpaired) electrons. The first-order chi connectivity index (χ1) is 6.74. The van der Waals surface area contributed by atoms with Gasteiger partial charge in [-0.05, 0) is 6.07 Å². The minimum absolute atomic E-state index is 0.499. The van der Waals surface area contributed by atoms with Crippen LogP contribution in [-0.4, -0.2) is 14.8 Å². The summed E-state index contributed by atoms with van der Waals surface area (Å²) in [5, 5.41) is 7.20. The number of rotatable bonds is 2. The third kappa shape index (κ3) is 1.82. The van der Waals surface area contributed by atoms with Crippen LogP contribution in [0.3, 0.4) is 0 Å². The minimum atomic E-state index is 0.499. The fraction of sp³-hybridized carbons (Fsp3) is 0.111. The van der Waals surface area contributed by atoms with Gasteiger partial charge in [0.1, 0.15) is 5.82 Å². The van der Waals surface area contributed by atoms with Crippen molar-refractivity contribution in [2.24, 2.45) is 7.05 Å². The largest absolute Gasteiger partial charge is 0.384 e. The number of aromatic nitrogens is 3. The molecule has 2 aromatic rings. The zero-order chi connectivity index (χ0) is 9.97. The molecule has 0 bridgehead atoms. The molecule has 0 aliphatic carbocycles. The summed E-state index contributed by atoms with van der Waals surface area (Å²) >= 11 is 0. The molecule has 5 nitrogen and oxygen atoms in total. The highest BCUT2D eigenvalue weighted by Gasteiger charge is 1.97. The second kappa shape index (κ2) is 3.37. The molecule has 0 spiro atoms. The van der Waals surface area contributed by atoms with Gasteiger partial charge in [-0.3, -0.25) is 4.68 Å². The SMILES string of the molecule is Cn1cc(Nc2ccnc(N)c2)cn1. The van der Waals surface area contributed by atoms with Crippen molar-refractivity contribution in [1.29, 1.82) is 0 Å². The third-order valence-electron chi connectivity index (χ3n) is 1.77. The monoisotopic (exact) mass is 189 g/mol. The fourth-order valence-electron chi connectivity index (χ4n) is 1.18. The van der Waals surface area contributed by atoms with E-state index in [1.165, 1.54) is 0 Å². The van der Waals surface area contributed by atoms with Gasteiger partial charge in [0, 0.05) is 31.2 Å². The van der Waals surface area contributed by atoms with E-state index in [4.69, 9.17) is 5.73 Å². The van der Waals surface area contributed by atoms with Crippen LogP contribution in [0.15, 0.2) is 30.7 Å². The van der Waals surface area contributed by atoms with Crippen molar-refractivity contribution >= 4 is 17.2 Å². The molecule has 0 atom stereocenters. The summed E-state index contributed by atoms with van der Waals surface area (Å²) in [6, 6.07) is 3.62. The Kier molecular flexibility index (Phi) is 2.06. The maximum Gasteiger partial charge on any atom is 0.125 e. The van der Waals surface area contributed by atoms with E-state index >= 15 is 0 Å². The van der Waals surface area contributed by atoms with Gasteiger partial charge < -0.3 is 11.1 Å². The molecule has 2 rings (SSSR count). The molecule has 0 fully saturated rings. The first-order valence-corrected chi connectivity index (χ1v) is 4.21. The van der Waals surface area contributed by atoms with Gasteiger partial charge in [0.15, 0.2) is 0 Å². The quantitative estimate of drug-likeness (QED) is 0.743. The Morgan fingerprint density at radius 3 is 2.93 bits per heavy atom. The van der Waals surface area contributed by atoms with E-state index in [1.807, 2.05) is 19.3 Å². The van der Waals surface area contributed by atoms with Crippen LogP contribution in [0.2, 0.25) is 0 Å². The van der Waals surface area contributed by atoms with Crippen molar-refractivity contribution in [3.05, 3.63) is 30.7 Å². The highest BCUT2D eigenvalue weighted by atomic mass is 15.3. The second-order valence-corrected chi connectivity index (χ2v) is 3.00. The van der Waals surface area contributed by atoms with Crippen molar-refractivity contribution in [2.75, 3.05) is 11.1 Å². The summed E-state index contributed by atoms with van der Waals surface area (Å²) in [5.74, 6) is 0.499. The molecule has 0 aromatic carbocycles. The molecular weight excluding hydrogens is 178 g/mol. The van der Waals surface area contributed by atoms with E-state index in [0.717, 1.165) is 11.4 Å². The van der Waals surface area contributed by atoms with Crippen molar-refractivity contribution in [3.63, 3.8) is 0 Å². The molecule has 0 unspecified atom stereocenters. The summed E-state index contributed by atoms with van der Waals surface area (Å²) in [6.45, 7) is 0. The van der Waals surface area contributed by atoms with Crippen molar-refractivity contribution in [1.82, 2.24) is 14.8 Å². The standard InChI is InChI=1S/C9H11N5/c1-14-6-8(5-12-14)13-7-2-3-11-9(10)4-7/h2-6H,1H3,(H3,10,11,13). The lowest BCUT2D eigenvalue weighted by Gasteiger charge is -2.02. The highest BCUT2D eigenvalue weighted by Crippen LogP contribution is 2.15. The summed E-state index contributed by atoms with van der Waals surface area (Å²) in [6.07, 6.45) is 5.29. The molecule has 72 valence electrons. The van der Waals surface area contributed by atoms with Crippen molar-refractivity contribution in [2.45, 2.75) is 0 Å². The smallest absolute Gasteiger partial charge is 0.125 e. The van der Waals surface area contributed by atoms with Gasteiger partial charge in [-0.25, -0.2) is 4.98 Å². The molecule has 2 heterocycles. The number of nitrogen functional groups attached to an aromatic ring is 1. The number of hydrogen-bond acceptors (Lipinski definition) is 4. The number of hydrogen-bond donors (Lipinski definition) is 2. The highest BCUT2D eigenvalue weighted by molar-refractivity contribution is 5.60. The van der Waals surface area contributed by atoms with Crippen LogP contribution in [0, 0.1) is 0 Å². The molecule has 14 heavy (non-hydrogen) atoms. The lowest BCUT2D eigenvalue weighted by atomic mass is 10.4. The maximum absolute atomic E-state index is 5.55. The number of nitrogens with two attached hydrogens (primary N) is 1. The van der Waals surface area contributed by atoms with E-state index in [9.17, 15) is 0 Å². The molecule has 0 saturated heterocycles. The Labute approximate surface area is 81.6 Å². The van der Waals surface area contributed by atoms with Crippen LogP contribution in [0.25, 0.3) is 0 Å². The zero-order valence-electron chi connectivity index (χ0n) is 7.81. The molecule has 3 N–H and O–H groups in total. The van der Waals surface area contributed by atoms with Crippen molar-refractivity contribution < 1.29 is 0 Å². The third-order valence-corrected chi connectivity index (χ3v) is 1.77. The summed E-state index contributed by atoms with van der Waals surface area (Å²) < 4.78 is 1.73. The lowest BCUT2D eigenvalue weighted by molar-refractivity contribution is 0.768. The number of anilines is 3. The Hall–Kier alpha value is -2.04.